The average molecular weight is 238 g/mol. The van der Waals surface area contributed by atoms with Crippen molar-refractivity contribution in [2.45, 2.75) is 46.0 Å². The van der Waals surface area contributed by atoms with Crippen LogP contribution in [0.25, 0.3) is 0 Å². The summed E-state index contributed by atoms with van der Waals surface area (Å²) in [6, 6.07) is 0. The maximum absolute atomic E-state index is 3.38. The summed E-state index contributed by atoms with van der Waals surface area (Å²) in [4.78, 5) is 2.77. The summed E-state index contributed by atoms with van der Waals surface area (Å²) in [5.74, 6) is 2.06. The van der Waals surface area contributed by atoms with Crippen LogP contribution in [-0.2, 0) is 0 Å². The molecule has 2 aliphatic carbocycles. The van der Waals surface area contributed by atoms with Crippen molar-refractivity contribution >= 4 is 0 Å². The zero-order chi connectivity index (χ0) is 12.3. The van der Waals surface area contributed by atoms with E-state index in [0.29, 0.717) is 5.41 Å². The van der Waals surface area contributed by atoms with Crippen LogP contribution in [0.3, 0.4) is 0 Å². The van der Waals surface area contributed by atoms with Crippen molar-refractivity contribution in [1.82, 2.24) is 10.2 Å². The summed E-state index contributed by atoms with van der Waals surface area (Å²) in [5, 5.41) is 3.38. The van der Waals surface area contributed by atoms with Crippen LogP contribution in [-0.4, -0.2) is 38.1 Å². The van der Waals surface area contributed by atoms with Crippen LogP contribution in [0.5, 0.6) is 0 Å². The van der Waals surface area contributed by atoms with E-state index in [0.717, 1.165) is 18.4 Å². The predicted molar refractivity (Wildman–Crippen MR) is 74.2 cm³/mol. The molecule has 0 aromatic carbocycles. The van der Waals surface area contributed by atoms with Gasteiger partial charge < -0.3 is 10.2 Å². The van der Waals surface area contributed by atoms with Crippen LogP contribution in [0.1, 0.15) is 46.0 Å². The lowest BCUT2D eigenvalue weighted by Gasteiger charge is -2.35. The maximum atomic E-state index is 3.38. The number of rotatable bonds is 9. The number of hydrogen-bond donors (Lipinski definition) is 1. The van der Waals surface area contributed by atoms with Crippen molar-refractivity contribution in [2.75, 3.05) is 33.2 Å². The van der Waals surface area contributed by atoms with Gasteiger partial charge in [-0.15, -0.1) is 0 Å². The highest BCUT2D eigenvalue weighted by molar-refractivity contribution is 4.86. The summed E-state index contributed by atoms with van der Waals surface area (Å²) in [5.41, 5.74) is 0.457. The van der Waals surface area contributed by atoms with Crippen LogP contribution in [0, 0.1) is 17.3 Å². The van der Waals surface area contributed by atoms with Crippen LogP contribution >= 0.6 is 0 Å². The number of nitrogens with zero attached hydrogens (tertiary/aromatic N) is 1. The highest BCUT2D eigenvalue weighted by Gasteiger charge is 2.32. The van der Waals surface area contributed by atoms with E-state index in [1.165, 1.54) is 51.7 Å². The van der Waals surface area contributed by atoms with E-state index in [2.05, 4.69) is 31.1 Å². The van der Waals surface area contributed by atoms with Crippen molar-refractivity contribution < 1.29 is 0 Å². The summed E-state index contributed by atoms with van der Waals surface area (Å²) < 4.78 is 0. The first-order chi connectivity index (χ1) is 8.15. The Morgan fingerprint density at radius 1 is 1.12 bits per heavy atom. The van der Waals surface area contributed by atoms with E-state index in [1.807, 2.05) is 0 Å². The first kappa shape index (κ1) is 13.4. The quantitative estimate of drug-likeness (QED) is 0.664. The van der Waals surface area contributed by atoms with Crippen molar-refractivity contribution in [2.24, 2.45) is 17.3 Å². The molecule has 0 radical (unpaired) electrons. The third-order valence-electron chi connectivity index (χ3n) is 4.49. The molecule has 0 amide bonds. The predicted octanol–water partition coefficient (Wildman–Crippen LogP) is 2.74. The van der Waals surface area contributed by atoms with Crippen molar-refractivity contribution in [3.63, 3.8) is 0 Å². The maximum Gasteiger partial charge on any atom is 0.00476 e. The molecule has 2 nitrogen and oxygen atoms in total. The molecule has 0 aromatic rings. The third-order valence-corrected chi connectivity index (χ3v) is 4.49. The van der Waals surface area contributed by atoms with Gasteiger partial charge in [-0.2, -0.15) is 0 Å². The second kappa shape index (κ2) is 5.71. The summed E-state index contributed by atoms with van der Waals surface area (Å²) in [6.45, 7) is 9.96. The van der Waals surface area contributed by atoms with Crippen LogP contribution in [0.4, 0.5) is 0 Å². The highest BCUT2D eigenvalue weighted by Crippen LogP contribution is 2.35. The van der Waals surface area contributed by atoms with Crippen molar-refractivity contribution in [3.05, 3.63) is 0 Å². The molecule has 17 heavy (non-hydrogen) atoms. The van der Waals surface area contributed by atoms with Gasteiger partial charge in [-0.1, -0.05) is 13.8 Å². The Kier molecular flexibility index (Phi) is 4.48. The van der Waals surface area contributed by atoms with Crippen LogP contribution in [0.2, 0.25) is 0 Å². The molecule has 0 heterocycles. The molecule has 0 aromatic heterocycles. The van der Waals surface area contributed by atoms with E-state index in [9.17, 15) is 0 Å². The van der Waals surface area contributed by atoms with Gasteiger partial charge in [0.05, 0.1) is 0 Å². The smallest absolute Gasteiger partial charge is 0.00476 e. The van der Waals surface area contributed by atoms with Gasteiger partial charge in [0.25, 0.3) is 0 Å². The van der Waals surface area contributed by atoms with Gasteiger partial charge in [-0.3, -0.25) is 0 Å². The van der Waals surface area contributed by atoms with Gasteiger partial charge in [0.15, 0.2) is 0 Å². The van der Waals surface area contributed by atoms with E-state index in [4.69, 9.17) is 0 Å². The molecule has 0 spiro atoms. The lowest BCUT2D eigenvalue weighted by atomic mass is 9.86. The molecular formula is C15H30N2. The van der Waals surface area contributed by atoms with Gasteiger partial charge in [-0.05, 0) is 56.4 Å². The second-order valence-corrected chi connectivity index (χ2v) is 6.78. The minimum Gasteiger partial charge on any atom is -0.319 e. The zero-order valence-corrected chi connectivity index (χ0v) is 12.0. The Morgan fingerprint density at radius 2 is 1.65 bits per heavy atom. The minimum atomic E-state index is 0.457. The number of hydrogen-bond acceptors (Lipinski definition) is 2. The molecule has 2 heteroatoms. The van der Waals surface area contributed by atoms with Crippen molar-refractivity contribution in [3.8, 4) is 0 Å². The summed E-state index contributed by atoms with van der Waals surface area (Å²) in [7, 11) is 2.08. The first-order valence-electron chi connectivity index (χ1n) is 7.52. The molecule has 1 atom stereocenters. The Balaban J connectivity index is 1.83. The van der Waals surface area contributed by atoms with Gasteiger partial charge in [-0.25, -0.2) is 0 Å². The topological polar surface area (TPSA) is 15.3 Å². The Morgan fingerprint density at radius 3 is 2.00 bits per heavy atom. The number of nitrogens with one attached hydrogen (secondary N) is 1. The van der Waals surface area contributed by atoms with E-state index < -0.39 is 0 Å². The molecule has 1 N–H and O–H groups in total. The van der Waals surface area contributed by atoms with Crippen molar-refractivity contribution in [1.29, 1.82) is 0 Å². The summed E-state index contributed by atoms with van der Waals surface area (Å²) in [6.07, 6.45) is 7.21. The van der Waals surface area contributed by atoms with Gasteiger partial charge in [0, 0.05) is 26.2 Å². The highest BCUT2D eigenvalue weighted by atomic mass is 15.1. The molecule has 100 valence electrons. The molecule has 2 aliphatic rings. The molecule has 2 saturated carbocycles. The van der Waals surface area contributed by atoms with E-state index in [-0.39, 0.29) is 0 Å². The lowest BCUT2D eigenvalue weighted by Crippen LogP contribution is -2.42. The fraction of sp³-hybridized carbons (Fsp3) is 1.00. The normalized spacial score (nSPS) is 24.0. The van der Waals surface area contributed by atoms with E-state index in [1.54, 1.807) is 0 Å². The molecule has 2 rings (SSSR count). The third kappa shape index (κ3) is 4.59. The average Bonchev–Trinajstić information content (AvgIpc) is 3.14. The fourth-order valence-electron chi connectivity index (χ4n) is 2.79. The van der Waals surface area contributed by atoms with E-state index >= 15 is 0 Å². The largest absolute Gasteiger partial charge is 0.319 e. The van der Waals surface area contributed by atoms with Gasteiger partial charge in [0.1, 0.15) is 0 Å². The van der Waals surface area contributed by atoms with Crippen LogP contribution in [0.15, 0.2) is 0 Å². The lowest BCUT2D eigenvalue weighted by molar-refractivity contribution is 0.147. The minimum absolute atomic E-state index is 0.457. The molecule has 0 aliphatic heterocycles. The Bertz CT molecular complexity index is 219. The Labute approximate surface area is 107 Å². The van der Waals surface area contributed by atoms with Crippen LogP contribution < -0.4 is 5.32 Å². The molecule has 0 bridgehead atoms. The zero-order valence-electron chi connectivity index (χ0n) is 12.0. The SMILES string of the molecule is CCC(C)(CNC)CN(CC1CC1)CC1CC1. The van der Waals surface area contributed by atoms with Gasteiger partial charge >= 0.3 is 0 Å². The molecule has 1 unspecified atom stereocenters. The Hall–Kier alpha value is -0.0800. The standard InChI is InChI=1S/C15H30N2/c1-4-15(2,11-16-3)12-17(9-13-5-6-13)10-14-7-8-14/h13-14,16H,4-12H2,1-3H3. The molecule has 0 saturated heterocycles. The molecular weight excluding hydrogens is 208 g/mol. The monoisotopic (exact) mass is 238 g/mol. The summed E-state index contributed by atoms with van der Waals surface area (Å²) >= 11 is 0. The van der Waals surface area contributed by atoms with Gasteiger partial charge in [0.2, 0.25) is 0 Å². The fourth-order valence-corrected chi connectivity index (χ4v) is 2.79. The second-order valence-electron chi connectivity index (χ2n) is 6.78. The molecule has 2 fully saturated rings. The first-order valence-corrected chi connectivity index (χ1v) is 7.52.